The van der Waals surface area contributed by atoms with E-state index < -0.39 is 0 Å². The largest absolute Gasteiger partial charge is 0.466 e. The van der Waals surface area contributed by atoms with Gasteiger partial charge in [0.25, 0.3) is 5.95 Å². The predicted octanol–water partition coefficient (Wildman–Crippen LogP) is 2.31. The molecule has 1 saturated heterocycles. The Morgan fingerprint density at radius 1 is 1.00 bits per heavy atom. The lowest BCUT2D eigenvalue weighted by atomic mass is 9.80. The molecule has 2 nitrogen and oxygen atoms in total. The molecular formula is C10H16O2. The molecule has 0 amide bonds. The van der Waals surface area contributed by atoms with Gasteiger partial charge in [0.05, 0.1) is 13.2 Å². The average Bonchev–Trinajstić information content (AvgIpc) is 2.29. The van der Waals surface area contributed by atoms with Gasteiger partial charge in [0.1, 0.15) is 0 Å². The molecule has 1 aliphatic heterocycles. The molecule has 0 radical (unpaired) electrons. The molecule has 2 rings (SSSR count). The minimum atomic E-state index is 0.518. The van der Waals surface area contributed by atoms with E-state index in [9.17, 15) is 0 Å². The summed E-state index contributed by atoms with van der Waals surface area (Å²) in [6.07, 6.45) is 5.33. The summed E-state index contributed by atoms with van der Waals surface area (Å²) in [6, 6.07) is 0. The summed E-state index contributed by atoms with van der Waals surface area (Å²) in [5.74, 6) is 1.96. The monoisotopic (exact) mass is 168 g/mol. The summed E-state index contributed by atoms with van der Waals surface area (Å²) in [5.41, 5.74) is 0. The van der Waals surface area contributed by atoms with Gasteiger partial charge in [0.2, 0.25) is 0 Å². The highest BCUT2D eigenvalue weighted by Gasteiger charge is 2.28. The van der Waals surface area contributed by atoms with Crippen LogP contribution in [0.15, 0.2) is 12.5 Å². The van der Waals surface area contributed by atoms with Crippen molar-refractivity contribution in [1.29, 1.82) is 0 Å². The van der Waals surface area contributed by atoms with Crippen LogP contribution in [0.2, 0.25) is 0 Å². The number of fused-ring (bicyclic) bond motifs is 1. The van der Waals surface area contributed by atoms with Gasteiger partial charge in [0.15, 0.2) is 0 Å². The Morgan fingerprint density at radius 2 is 1.50 bits per heavy atom. The van der Waals surface area contributed by atoms with Crippen molar-refractivity contribution in [2.75, 3.05) is 13.2 Å². The topological polar surface area (TPSA) is 18.5 Å². The molecule has 0 aromatic carbocycles. The molecule has 2 unspecified atom stereocenters. The van der Waals surface area contributed by atoms with Gasteiger partial charge < -0.3 is 9.47 Å². The molecule has 0 bridgehead atoms. The normalized spacial score (nSPS) is 35.8. The smallest absolute Gasteiger partial charge is 0.271 e. The lowest BCUT2D eigenvalue weighted by Gasteiger charge is -2.27. The van der Waals surface area contributed by atoms with Crippen molar-refractivity contribution in [1.82, 2.24) is 0 Å². The van der Waals surface area contributed by atoms with Gasteiger partial charge in [-0.3, -0.25) is 0 Å². The highest BCUT2D eigenvalue weighted by Crippen LogP contribution is 2.33. The molecule has 0 spiro atoms. The molecule has 68 valence electrons. The van der Waals surface area contributed by atoms with E-state index in [4.69, 9.17) is 9.47 Å². The van der Waals surface area contributed by atoms with Crippen LogP contribution in [0.5, 0.6) is 0 Å². The van der Waals surface area contributed by atoms with Crippen LogP contribution in [-0.2, 0) is 9.47 Å². The van der Waals surface area contributed by atoms with Gasteiger partial charge in [-0.1, -0.05) is 12.8 Å². The Hall–Kier alpha value is -0.660. The maximum Gasteiger partial charge on any atom is 0.271 e. The fourth-order valence-corrected chi connectivity index (χ4v) is 2.16. The van der Waals surface area contributed by atoms with Gasteiger partial charge >= 0.3 is 0 Å². The molecule has 0 N–H and O–H groups in total. The standard InChI is InChI=1S/C10H16O2/c1-8-11-6-9-4-2-3-5-10(9)7-12-8/h9-10H,1-7H2. The first-order valence-electron chi connectivity index (χ1n) is 4.81. The Balaban J connectivity index is 1.98. The van der Waals surface area contributed by atoms with E-state index in [0.29, 0.717) is 5.95 Å². The lowest BCUT2D eigenvalue weighted by Crippen LogP contribution is -2.24. The van der Waals surface area contributed by atoms with Crippen LogP contribution in [0.4, 0.5) is 0 Å². The molecular weight excluding hydrogens is 152 g/mol. The van der Waals surface area contributed by atoms with Crippen molar-refractivity contribution in [3.05, 3.63) is 12.5 Å². The summed E-state index contributed by atoms with van der Waals surface area (Å²) >= 11 is 0. The second kappa shape index (κ2) is 3.38. The quantitative estimate of drug-likeness (QED) is 0.552. The molecule has 0 aromatic heterocycles. The van der Waals surface area contributed by atoms with Crippen LogP contribution in [0, 0.1) is 11.8 Å². The van der Waals surface area contributed by atoms with Crippen LogP contribution in [0.3, 0.4) is 0 Å². The molecule has 2 atom stereocenters. The number of hydrogen-bond donors (Lipinski definition) is 0. The van der Waals surface area contributed by atoms with Crippen molar-refractivity contribution >= 4 is 0 Å². The Bertz CT molecular complexity index is 159. The van der Waals surface area contributed by atoms with Crippen molar-refractivity contribution < 1.29 is 9.47 Å². The first kappa shape index (κ1) is 7.96. The Labute approximate surface area is 73.5 Å². The van der Waals surface area contributed by atoms with Gasteiger partial charge in [-0.15, -0.1) is 0 Å². The Kier molecular flexibility index (Phi) is 2.24. The second-order valence-electron chi connectivity index (χ2n) is 3.80. The predicted molar refractivity (Wildman–Crippen MR) is 46.5 cm³/mol. The minimum Gasteiger partial charge on any atom is -0.466 e. The summed E-state index contributed by atoms with van der Waals surface area (Å²) in [6.45, 7) is 5.33. The zero-order valence-electron chi connectivity index (χ0n) is 7.42. The first-order chi connectivity index (χ1) is 5.86. The third-order valence-electron chi connectivity index (χ3n) is 2.98. The van der Waals surface area contributed by atoms with Gasteiger partial charge in [-0.05, 0) is 31.3 Å². The molecule has 12 heavy (non-hydrogen) atoms. The van der Waals surface area contributed by atoms with E-state index in [1.54, 1.807) is 0 Å². The Morgan fingerprint density at radius 3 is 2.00 bits per heavy atom. The van der Waals surface area contributed by atoms with Crippen molar-refractivity contribution in [3.8, 4) is 0 Å². The van der Waals surface area contributed by atoms with E-state index in [0.717, 1.165) is 25.0 Å². The summed E-state index contributed by atoms with van der Waals surface area (Å²) in [5, 5.41) is 0. The molecule has 2 aliphatic rings. The van der Waals surface area contributed by atoms with Crippen LogP contribution < -0.4 is 0 Å². The number of hydrogen-bond acceptors (Lipinski definition) is 2. The zero-order chi connectivity index (χ0) is 8.39. The van der Waals surface area contributed by atoms with Crippen LogP contribution in [0.1, 0.15) is 25.7 Å². The third kappa shape index (κ3) is 1.57. The molecule has 1 saturated carbocycles. The summed E-state index contributed by atoms with van der Waals surface area (Å²) < 4.78 is 10.7. The van der Waals surface area contributed by atoms with Gasteiger partial charge in [-0.25, -0.2) is 0 Å². The van der Waals surface area contributed by atoms with E-state index in [1.807, 2.05) is 0 Å². The van der Waals surface area contributed by atoms with Crippen LogP contribution in [-0.4, -0.2) is 13.2 Å². The van der Waals surface area contributed by atoms with Crippen LogP contribution >= 0.6 is 0 Å². The summed E-state index contributed by atoms with van der Waals surface area (Å²) in [4.78, 5) is 0. The SMILES string of the molecule is C=C1OCC2CCCCC2CO1. The summed E-state index contributed by atoms with van der Waals surface area (Å²) in [7, 11) is 0. The van der Waals surface area contributed by atoms with Gasteiger partial charge in [0, 0.05) is 0 Å². The van der Waals surface area contributed by atoms with Crippen molar-refractivity contribution in [2.24, 2.45) is 11.8 Å². The van der Waals surface area contributed by atoms with Crippen molar-refractivity contribution in [2.45, 2.75) is 25.7 Å². The molecule has 0 aromatic rings. The molecule has 1 heterocycles. The maximum atomic E-state index is 5.36. The van der Waals surface area contributed by atoms with E-state index in [2.05, 4.69) is 6.58 Å². The second-order valence-corrected chi connectivity index (χ2v) is 3.80. The first-order valence-corrected chi connectivity index (χ1v) is 4.81. The number of ether oxygens (including phenoxy) is 2. The molecule has 1 aliphatic carbocycles. The van der Waals surface area contributed by atoms with Crippen LogP contribution in [0.25, 0.3) is 0 Å². The van der Waals surface area contributed by atoms with Gasteiger partial charge in [-0.2, -0.15) is 0 Å². The fraction of sp³-hybridized carbons (Fsp3) is 0.800. The fourth-order valence-electron chi connectivity index (χ4n) is 2.16. The molecule has 2 fully saturated rings. The molecule has 2 heteroatoms. The highest BCUT2D eigenvalue weighted by atomic mass is 16.7. The van der Waals surface area contributed by atoms with Crippen molar-refractivity contribution in [3.63, 3.8) is 0 Å². The third-order valence-corrected chi connectivity index (χ3v) is 2.98. The van der Waals surface area contributed by atoms with E-state index in [1.165, 1.54) is 25.7 Å². The minimum absolute atomic E-state index is 0.518. The number of rotatable bonds is 0. The average molecular weight is 168 g/mol. The van der Waals surface area contributed by atoms with E-state index in [-0.39, 0.29) is 0 Å². The maximum absolute atomic E-state index is 5.36. The van der Waals surface area contributed by atoms with E-state index >= 15 is 0 Å². The zero-order valence-corrected chi connectivity index (χ0v) is 7.42. The lowest BCUT2D eigenvalue weighted by molar-refractivity contribution is 0.0571. The highest BCUT2D eigenvalue weighted by molar-refractivity contribution is 4.81.